The summed E-state index contributed by atoms with van der Waals surface area (Å²) in [4.78, 5) is 27.8. The van der Waals surface area contributed by atoms with Gasteiger partial charge in [-0.05, 0) is 41.3 Å². The van der Waals surface area contributed by atoms with Crippen molar-refractivity contribution in [3.05, 3.63) is 93.9 Å². The molecule has 2 amide bonds. The molecule has 6 heteroatoms. The predicted molar refractivity (Wildman–Crippen MR) is 108 cm³/mol. The monoisotopic (exact) mass is 392 g/mol. The molecule has 140 valence electrons. The summed E-state index contributed by atoms with van der Waals surface area (Å²) in [5.41, 5.74) is 1.97. The molecule has 1 aliphatic heterocycles. The number of rotatable bonds is 3. The van der Waals surface area contributed by atoms with E-state index in [0.29, 0.717) is 11.3 Å². The zero-order valence-electron chi connectivity index (χ0n) is 14.8. The third-order valence-electron chi connectivity index (χ3n) is 4.52. The molecular weight excluding hydrogens is 375 g/mol. The SMILES string of the molecule is O=C1CN(C(=O)/C=C/c2ccccc2)C(c2cccs2)c2cc(F)ccc2N1. The number of nitrogens with zero attached hydrogens (tertiary/aromatic N) is 1. The summed E-state index contributed by atoms with van der Waals surface area (Å²) in [6.45, 7) is -0.114. The van der Waals surface area contributed by atoms with Gasteiger partial charge in [-0.25, -0.2) is 4.39 Å². The van der Waals surface area contributed by atoms with E-state index < -0.39 is 11.9 Å². The molecule has 1 atom stereocenters. The molecule has 1 aliphatic rings. The molecule has 0 saturated carbocycles. The van der Waals surface area contributed by atoms with Gasteiger partial charge in [0.2, 0.25) is 11.8 Å². The van der Waals surface area contributed by atoms with E-state index in [4.69, 9.17) is 0 Å². The van der Waals surface area contributed by atoms with Crippen molar-refractivity contribution < 1.29 is 14.0 Å². The molecule has 0 bridgehead atoms. The lowest BCUT2D eigenvalue weighted by molar-refractivity contribution is -0.131. The first-order valence-corrected chi connectivity index (χ1v) is 9.66. The number of carbonyl (C=O) groups excluding carboxylic acids is 2. The summed E-state index contributed by atoms with van der Waals surface area (Å²) in [5.74, 6) is -1.04. The van der Waals surface area contributed by atoms with E-state index >= 15 is 0 Å². The van der Waals surface area contributed by atoms with Crippen LogP contribution in [0.2, 0.25) is 0 Å². The second-order valence-corrected chi connectivity index (χ2v) is 7.39. The highest BCUT2D eigenvalue weighted by Crippen LogP contribution is 2.38. The van der Waals surface area contributed by atoms with Crippen molar-refractivity contribution in [3.8, 4) is 0 Å². The zero-order chi connectivity index (χ0) is 19.5. The Kier molecular flexibility index (Phi) is 5.04. The van der Waals surface area contributed by atoms with Crippen LogP contribution in [0, 0.1) is 5.82 Å². The normalized spacial score (nSPS) is 16.5. The molecule has 1 aromatic heterocycles. The summed E-state index contributed by atoms with van der Waals surface area (Å²) in [5, 5.41) is 4.68. The van der Waals surface area contributed by atoms with Gasteiger partial charge in [-0.2, -0.15) is 0 Å². The van der Waals surface area contributed by atoms with E-state index in [1.54, 1.807) is 6.08 Å². The maximum Gasteiger partial charge on any atom is 0.247 e. The highest BCUT2D eigenvalue weighted by molar-refractivity contribution is 7.10. The Morgan fingerprint density at radius 2 is 1.96 bits per heavy atom. The van der Waals surface area contributed by atoms with Gasteiger partial charge in [-0.15, -0.1) is 11.3 Å². The van der Waals surface area contributed by atoms with Gasteiger partial charge < -0.3 is 10.2 Å². The van der Waals surface area contributed by atoms with Crippen LogP contribution >= 0.6 is 11.3 Å². The van der Waals surface area contributed by atoms with Gasteiger partial charge in [0.1, 0.15) is 12.4 Å². The second-order valence-electron chi connectivity index (χ2n) is 6.41. The molecule has 2 heterocycles. The average Bonchev–Trinajstić information content (AvgIpc) is 3.18. The highest BCUT2D eigenvalue weighted by Gasteiger charge is 2.33. The number of thiophene rings is 1. The predicted octanol–water partition coefficient (Wildman–Crippen LogP) is 4.47. The minimum atomic E-state index is -0.544. The van der Waals surface area contributed by atoms with Crippen LogP contribution < -0.4 is 5.32 Å². The maximum atomic E-state index is 14.0. The summed E-state index contributed by atoms with van der Waals surface area (Å²) in [6, 6.07) is 16.9. The summed E-state index contributed by atoms with van der Waals surface area (Å²) in [7, 11) is 0. The molecule has 0 aliphatic carbocycles. The van der Waals surface area contributed by atoms with Gasteiger partial charge in [0.05, 0.1) is 6.04 Å². The number of hydrogen-bond donors (Lipinski definition) is 1. The average molecular weight is 392 g/mol. The lowest BCUT2D eigenvalue weighted by atomic mass is 10.0. The first-order chi connectivity index (χ1) is 13.6. The van der Waals surface area contributed by atoms with E-state index in [2.05, 4.69) is 5.32 Å². The van der Waals surface area contributed by atoms with E-state index in [9.17, 15) is 14.0 Å². The number of nitrogens with one attached hydrogen (secondary N) is 1. The molecule has 1 N–H and O–H groups in total. The van der Waals surface area contributed by atoms with Gasteiger partial charge in [0, 0.05) is 22.2 Å². The maximum absolute atomic E-state index is 14.0. The van der Waals surface area contributed by atoms with E-state index in [0.717, 1.165) is 10.4 Å². The number of halogens is 1. The topological polar surface area (TPSA) is 49.4 Å². The fourth-order valence-electron chi connectivity index (χ4n) is 3.26. The third kappa shape index (κ3) is 3.73. The van der Waals surface area contributed by atoms with Gasteiger partial charge in [0.25, 0.3) is 0 Å². The van der Waals surface area contributed by atoms with Crippen molar-refractivity contribution in [3.63, 3.8) is 0 Å². The number of benzene rings is 2. The van der Waals surface area contributed by atoms with E-state index in [-0.39, 0.29) is 18.4 Å². The van der Waals surface area contributed by atoms with Crippen LogP contribution in [0.5, 0.6) is 0 Å². The Morgan fingerprint density at radius 1 is 1.14 bits per heavy atom. The van der Waals surface area contributed by atoms with Crippen molar-refractivity contribution in [2.75, 3.05) is 11.9 Å². The Labute approximate surface area is 165 Å². The van der Waals surface area contributed by atoms with Crippen molar-refractivity contribution in [1.29, 1.82) is 0 Å². The van der Waals surface area contributed by atoms with Crippen molar-refractivity contribution in [2.24, 2.45) is 0 Å². The number of anilines is 1. The summed E-state index contributed by atoms with van der Waals surface area (Å²) >= 11 is 1.47. The molecule has 1 unspecified atom stereocenters. The van der Waals surface area contributed by atoms with Gasteiger partial charge >= 0.3 is 0 Å². The van der Waals surface area contributed by atoms with Crippen LogP contribution in [0.3, 0.4) is 0 Å². The zero-order valence-corrected chi connectivity index (χ0v) is 15.7. The van der Waals surface area contributed by atoms with Gasteiger partial charge in [-0.1, -0.05) is 36.4 Å². The standard InChI is InChI=1S/C22H17FN2O2S/c23-16-9-10-18-17(13-16)22(19-7-4-12-28-19)25(14-20(26)24-18)21(27)11-8-15-5-2-1-3-6-15/h1-13,22H,14H2,(H,24,26)/b11-8+. The Hall–Kier alpha value is -3.25. The molecule has 4 rings (SSSR count). The largest absolute Gasteiger partial charge is 0.324 e. The van der Waals surface area contributed by atoms with Crippen molar-refractivity contribution in [2.45, 2.75) is 6.04 Å². The van der Waals surface area contributed by atoms with Crippen LogP contribution in [0.4, 0.5) is 10.1 Å². The number of carbonyl (C=O) groups is 2. The summed E-state index contributed by atoms with van der Waals surface area (Å²) < 4.78 is 14.0. The second kappa shape index (κ2) is 7.78. The highest BCUT2D eigenvalue weighted by atomic mass is 32.1. The van der Waals surface area contributed by atoms with Crippen LogP contribution in [0.1, 0.15) is 22.0 Å². The van der Waals surface area contributed by atoms with Crippen LogP contribution in [0.15, 0.2) is 72.1 Å². The minimum absolute atomic E-state index is 0.114. The summed E-state index contributed by atoms with van der Waals surface area (Å²) in [6.07, 6.45) is 3.16. The fourth-order valence-corrected chi connectivity index (χ4v) is 4.12. The Morgan fingerprint density at radius 3 is 2.71 bits per heavy atom. The number of hydrogen-bond acceptors (Lipinski definition) is 3. The minimum Gasteiger partial charge on any atom is -0.324 e. The van der Waals surface area contributed by atoms with E-state index in [1.807, 2.05) is 47.8 Å². The lowest BCUT2D eigenvalue weighted by Gasteiger charge is -2.28. The smallest absolute Gasteiger partial charge is 0.247 e. The molecular formula is C22H17FN2O2S. The van der Waals surface area contributed by atoms with Crippen molar-refractivity contribution >= 4 is 34.9 Å². The molecule has 0 fully saturated rings. The molecule has 28 heavy (non-hydrogen) atoms. The molecule has 0 spiro atoms. The first kappa shape index (κ1) is 18.1. The Bertz CT molecular complexity index is 1030. The quantitative estimate of drug-likeness (QED) is 0.669. The van der Waals surface area contributed by atoms with Gasteiger partial charge in [-0.3, -0.25) is 9.59 Å². The van der Waals surface area contributed by atoms with Crippen LogP contribution in [0.25, 0.3) is 6.08 Å². The number of amides is 2. The van der Waals surface area contributed by atoms with E-state index in [1.165, 1.54) is 40.5 Å². The third-order valence-corrected chi connectivity index (χ3v) is 5.45. The van der Waals surface area contributed by atoms with Crippen LogP contribution in [-0.2, 0) is 9.59 Å². The molecule has 3 aromatic rings. The number of fused-ring (bicyclic) bond motifs is 1. The molecule has 0 saturated heterocycles. The fraction of sp³-hybridized carbons (Fsp3) is 0.0909. The lowest BCUT2D eigenvalue weighted by Crippen LogP contribution is -2.37. The Balaban J connectivity index is 1.76. The molecule has 4 nitrogen and oxygen atoms in total. The van der Waals surface area contributed by atoms with Gasteiger partial charge in [0.15, 0.2) is 0 Å². The molecule has 2 aromatic carbocycles. The first-order valence-electron chi connectivity index (χ1n) is 8.78. The molecule has 0 radical (unpaired) electrons. The van der Waals surface area contributed by atoms with Crippen molar-refractivity contribution in [1.82, 2.24) is 4.90 Å². The van der Waals surface area contributed by atoms with Crippen LogP contribution in [-0.4, -0.2) is 23.3 Å².